The van der Waals surface area contributed by atoms with Crippen molar-refractivity contribution in [1.29, 1.82) is 0 Å². The fraction of sp³-hybridized carbons (Fsp3) is 0.300. The summed E-state index contributed by atoms with van der Waals surface area (Å²) in [6, 6.07) is 14.7. The Morgan fingerprint density at radius 2 is 1.82 bits per heavy atom. The van der Waals surface area contributed by atoms with Gasteiger partial charge < -0.3 is 4.90 Å². The average molecular weight is 435 g/mol. The molecule has 0 aromatic heterocycles. The lowest BCUT2D eigenvalue weighted by Crippen LogP contribution is -2.37. The molecule has 0 radical (unpaired) electrons. The zero-order chi connectivity index (χ0) is 19.9. The lowest BCUT2D eigenvalue weighted by Gasteiger charge is -2.24. The van der Waals surface area contributed by atoms with Gasteiger partial charge >= 0.3 is 0 Å². The van der Waals surface area contributed by atoms with Gasteiger partial charge in [0, 0.05) is 16.0 Å². The van der Waals surface area contributed by atoms with E-state index in [2.05, 4.69) is 4.99 Å². The number of sulfone groups is 1. The lowest BCUT2D eigenvalue weighted by molar-refractivity contribution is -0.117. The van der Waals surface area contributed by atoms with Crippen molar-refractivity contribution in [2.75, 3.05) is 16.4 Å². The Kier molecular flexibility index (Phi) is 5.24. The van der Waals surface area contributed by atoms with E-state index in [1.54, 1.807) is 12.1 Å². The van der Waals surface area contributed by atoms with Gasteiger partial charge in [-0.15, -0.1) is 0 Å². The standard InChI is InChI=1S/C20H19ClN2O3S2/c1-13-2-4-14(5-3-13)10-19(24)22-20-23(16-8-6-15(21)7-9-16)17-11-28(25,26)12-18(17)27-20/h2-9,17-18H,10-12H2,1H3/t17-,18+/m0/s1. The summed E-state index contributed by atoms with van der Waals surface area (Å²) in [4.78, 5) is 18.8. The zero-order valence-electron chi connectivity index (χ0n) is 15.2. The number of aliphatic imine (C=N–C) groups is 1. The second kappa shape index (κ2) is 7.54. The van der Waals surface area contributed by atoms with E-state index in [1.165, 1.54) is 11.8 Å². The molecule has 2 aromatic rings. The van der Waals surface area contributed by atoms with Crippen LogP contribution in [0.5, 0.6) is 0 Å². The third-order valence-corrected chi connectivity index (χ3v) is 8.33. The van der Waals surface area contributed by atoms with Crippen LogP contribution in [0.25, 0.3) is 0 Å². The summed E-state index contributed by atoms with van der Waals surface area (Å²) in [6.45, 7) is 2.00. The van der Waals surface area contributed by atoms with Gasteiger partial charge in [-0.05, 0) is 36.8 Å². The van der Waals surface area contributed by atoms with E-state index >= 15 is 0 Å². The van der Waals surface area contributed by atoms with Gasteiger partial charge in [0.1, 0.15) is 0 Å². The van der Waals surface area contributed by atoms with Crippen LogP contribution in [-0.2, 0) is 21.1 Å². The summed E-state index contributed by atoms with van der Waals surface area (Å²) in [5, 5.41) is 1.04. The molecule has 0 spiro atoms. The smallest absolute Gasteiger partial charge is 0.252 e. The van der Waals surface area contributed by atoms with Crippen LogP contribution in [0.2, 0.25) is 5.02 Å². The van der Waals surface area contributed by atoms with Crippen molar-refractivity contribution in [3.8, 4) is 0 Å². The van der Waals surface area contributed by atoms with Gasteiger partial charge in [0.2, 0.25) is 0 Å². The first-order valence-electron chi connectivity index (χ1n) is 8.90. The molecule has 2 heterocycles. The molecule has 0 aliphatic carbocycles. The number of halogens is 1. The SMILES string of the molecule is Cc1ccc(CC(=O)N=C2S[C@@H]3CS(=O)(=O)C[C@@H]3N2c2ccc(Cl)cc2)cc1. The van der Waals surface area contributed by atoms with Crippen molar-refractivity contribution in [2.45, 2.75) is 24.6 Å². The number of thioether (sulfide) groups is 1. The van der Waals surface area contributed by atoms with Crippen LogP contribution in [-0.4, -0.2) is 42.3 Å². The summed E-state index contributed by atoms with van der Waals surface area (Å²) in [5.41, 5.74) is 2.84. The van der Waals surface area contributed by atoms with Crippen molar-refractivity contribution in [2.24, 2.45) is 4.99 Å². The molecule has 146 valence electrons. The Morgan fingerprint density at radius 3 is 2.50 bits per heavy atom. The molecule has 2 saturated heterocycles. The van der Waals surface area contributed by atoms with E-state index in [0.29, 0.717) is 10.2 Å². The molecule has 0 saturated carbocycles. The fourth-order valence-electron chi connectivity index (χ4n) is 3.49. The highest BCUT2D eigenvalue weighted by Gasteiger charge is 2.49. The topological polar surface area (TPSA) is 66.8 Å². The van der Waals surface area contributed by atoms with Crippen LogP contribution in [0, 0.1) is 6.92 Å². The van der Waals surface area contributed by atoms with Crippen molar-refractivity contribution in [3.05, 3.63) is 64.7 Å². The molecule has 2 fully saturated rings. The highest BCUT2D eigenvalue weighted by Crippen LogP contribution is 2.41. The van der Waals surface area contributed by atoms with Crippen LogP contribution in [0.15, 0.2) is 53.5 Å². The summed E-state index contributed by atoms with van der Waals surface area (Å²) in [5.74, 6) is -0.0658. The molecule has 0 bridgehead atoms. The highest BCUT2D eigenvalue weighted by atomic mass is 35.5. The maximum absolute atomic E-state index is 12.6. The molecule has 2 aliphatic heterocycles. The number of nitrogens with zero attached hydrogens (tertiary/aromatic N) is 2. The summed E-state index contributed by atoms with van der Waals surface area (Å²) >= 11 is 7.37. The number of amides is 1. The van der Waals surface area contributed by atoms with Crippen LogP contribution in [0.4, 0.5) is 5.69 Å². The molecule has 1 amide bonds. The van der Waals surface area contributed by atoms with E-state index in [1.807, 2.05) is 48.2 Å². The van der Waals surface area contributed by atoms with Crippen molar-refractivity contribution in [3.63, 3.8) is 0 Å². The van der Waals surface area contributed by atoms with Crippen molar-refractivity contribution < 1.29 is 13.2 Å². The number of carbonyl (C=O) groups excluding carboxylic acids is 1. The van der Waals surface area contributed by atoms with Gasteiger partial charge in [0.15, 0.2) is 15.0 Å². The number of rotatable bonds is 3. The number of carbonyl (C=O) groups is 1. The third kappa shape index (κ3) is 4.11. The molecule has 0 unspecified atom stereocenters. The maximum atomic E-state index is 12.6. The van der Waals surface area contributed by atoms with E-state index < -0.39 is 9.84 Å². The minimum Gasteiger partial charge on any atom is -0.316 e. The fourth-order valence-corrected chi connectivity index (χ4v) is 7.55. The molecule has 2 atom stereocenters. The summed E-state index contributed by atoms with van der Waals surface area (Å²) in [7, 11) is -3.09. The number of amidine groups is 1. The van der Waals surface area contributed by atoms with E-state index in [0.717, 1.165) is 16.8 Å². The lowest BCUT2D eigenvalue weighted by atomic mass is 10.1. The molecule has 4 rings (SSSR count). The highest BCUT2D eigenvalue weighted by molar-refractivity contribution is 8.16. The summed E-state index contributed by atoms with van der Waals surface area (Å²) < 4.78 is 24.2. The van der Waals surface area contributed by atoms with Gasteiger partial charge in [0.25, 0.3) is 5.91 Å². The predicted octanol–water partition coefficient (Wildman–Crippen LogP) is 3.49. The Hall–Kier alpha value is -1.83. The average Bonchev–Trinajstić information content (AvgIpc) is 3.09. The minimum absolute atomic E-state index is 0.0679. The molecule has 0 N–H and O–H groups in total. The van der Waals surface area contributed by atoms with Crippen molar-refractivity contribution in [1.82, 2.24) is 0 Å². The molecular weight excluding hydrogens is 416 g/mol. The van der Waals surface area contributed by atoms with Crippen LogP contribution < -0.4 is 4.90 Å². The maximum Gasteiger partial charge on any atom is 0.252 e. The minimum atomic E-state index is -3.09. The third-order valence-electron chi connectivity index (χ3n) is 4.87. The van der Waals surface area contributed by atoms with Crippen LogP contribution >= 0.6 is 23.4 Å². The normalized spacial score (nSPS) is 24.5. The molecule has 2 aliphatic rings. The second-order valence-electron chi connectivity index (χ2n) is 7.10. The summed E-state index contributed by atoms with van der Waals surface area (Å²) in [6.07, 6.45) is 0.215. The van der Waals surface area contributed by atoms with Crippen molar-refractivity contribution >= 4 is 50.0 Å². The molecule has 8 heteroatoms. The largest absolute Gasteiger partial charge is 0.316 e. The number of benzene rings is 2. The monoisotopic (exact) mass is 434 g/mol. The van der Waals surface area contributed by atoms with E-state index in [-0.39, 0.29) is 35.1 Å². The Morgan fingerprint density at radius 1 is 1.14 bits per heavy atom. The number of fused-ring (bicyclic) bond motifs is 1. The van der Waals surface area contributed by atoms with Gasteiger partial charge in [0.05, 0.1) is 24.0 Å². The molecule has 2 aromatic carbocycles. The first-order valence-corrected chi connectivity index (χ1v) is 12.0. The van der Waals surface area contributed by atoms with Gasteiger partial charge in [-0.1, -0.05) is 53.2 Å². The molecule has 28 heavy (non-hydrogen) atoms. The predicted molar refractivity (Wildman–Crippen MR) is 115 cm³/mol. The van der Waals surface area contributed by atoms with Gasteiger partial charge in [-0.2, -0.15) is 4.99 Å². The number of aryl methyl sites for hydroxylation is 1. The Balaban J connectivity index is 1.62. The quantitative estimate of drug-likeness (QED) is 0.739. The number of hydrogen-bond acceptors (Lipinski definition) is 4. The van der Waals surface area contributed by atoms with E-state index in [4.69, 9.17) is 11.6 Å². The first-order chi connectivity index (χ1) is 13.3. The van der Waals surface area contributed by atoms with Gasteiger partial charge in [-0.3, -0.25) is 4.79 Å². The van der Waals surface area contributed by atoms with E-state index in [9.17, 15) is 13.2 Å². The number of hydrogen-bond donors (Lipinski definition) is 0. The zero-order valence-corrected chi connectivity index (χ0v) is 17.6. The Bertz CT molecular complexity index is 1030. The van der Waals surface area contributed by atoms with Crippen LogP contribution in [0.3, 0.4) is 0 Å². The van der Waals surface area contributed by atoms with Gasteiger partial charge in [-0.25, -0.2) is 8.42 Å². The van der Waals surface area contributed by atoms with Crippen LogP contribution in [0.1, 0.15) is 11.1 Å². The number of anilines is 1. The molecular formula is C20H19ClN2O3S2. The Labute approximate surface area is 173 Å². The second-order valence-corrected chi connectivity index (χ2v) is 10.9. The molecule has 5 nitrogen and oxygen atoms in total. The first kappa shape index (κ1) is 19.5.